The highest BCUT2D eigenvalue weighted by molar-refractivity contribution is 5.46. The lowest BCUT2D eigenvalue weighted by atomic mass is 10.2. The quantitative estimate of drug-likeness (QED) is 0.603. The number of para-hydroxylation sites is 1. The number of nitrogens with zero attached hydrogens (tertiary/aromatic N) is 3. The fourth-order valence-corrected chi connectivity index (χ4v) is 2.85. The highest BCUT2D eigenvalue weighted by Gasteiger charge is 2.16. The molecule has 2 aromatic rings. The van der Waals surface area contributed by atoms with Gasteiger partial charge in [0.05, 0.1) is 11.0 Å². The Balaban J connectivity index is 1.42. The fourth-order valence-electron chi connectivity index (χ4n) is 2.85. The molecule has 0 unspecified atom stereocenters. The van der Waals surface area contributed by atoms with E-state index in [1.807, 2.05) is 6.07 Å². The van der Waals surface area contributed by atoms with Crippen LogP contribution in [0.1, 0.15) is 0 Å². The standard InChI is InChI=1S/C18H21N3O3/c22-21(23)17-7-4-8-18(15-17)24-14-13-19-9-11-20(12-10-19)16-5-2-1-3-6-16/h1-8,15H,9-14H2. The second-order valence-electron chi connectivity index (χ2n) is 5.77. The van der Waals surface area contributed by atoms with E-state index in [1.54, 1.807) is 12.1 Å². The molecule has 6 heteroatoms. The van der Waals surface area contributed by atoms with Crippen LogP contribution in [-0.2, 0) is 0 Å². The minimum Gasteiger partial charge on any atom is -0.492 e. The summed E-state index contributed by atoms with van der Waals surface area (Å²) >= 11 is 0. The van der Waals surface area contributed by atoms with Gasteiger partial charge >= 0.3 is 0 Å². The summed E-state index contributed by atoms with van der Waals surface area (Å²) in [5.74, 6) is 0.548. The predicted molar refractivity (Wildman–Crippen MR) is 93.7 cm³/mol. The number of hydrogen-bond donors (Lipinski definition) is 0. The molecule has 1 saturated heterocycles. The van der Waals surface area contributed by atoms with Crippen molar-refractivity contribution in [1.29, 1.82) is 0 Å². The van der Waals surface area contributed by atoms with Crippen molar-refractivity contribution >= 4 is 11.4 Å². The lowest BCUT2D eigenvalue weighted by Crippen LogP contribution is -2.47. The Morgan fingerprint density at radius 1 is 1.00 bits per heavy atom. The molecule has 0 radical (unpaired) electrons. The number of rotatable bonds is 6. The van der Waals surface area contributed by atoms with Gasteiger partial charge in [0.1, 0.15) is 12.4 Å². The molecule has 0 bridgehead atoms. The molecule has 1 aliphatic heterocycles. The molecule has 0 saturated carbocycles. The van der Waals surface area contributed by atoms with E-state index in [0.29, 0.717) is 12.4 Å². The van der Waals surface area contributed by atoms with Crippen LogP contribution in [-0.4, -0.2) is 49.2 Å². The van der Waals surface area contributed by atoms with Crippen molar-refractivity contribution in [2.45, 2.75) is 0 Å². The smallest absolute Gasteiger partial charge is 0.273 e. The van der Waals surface area contributed by atoms with E-state index in [4.69, 9.17) is 4.74 Å². The van der Waals surface area contributed by atoms with Crippen LogP contribution >= 0.6 is 0 Å². The molecule has 0 amide bonds. The summed E-state index contributed by atoms with van der Waals surface area (Å²) in [6.45, 7) is 5.35. The number of non-ortho nitro benzene ring substituents is 1. The van der Waals surface area contributed by atoms with Gasteiger partial charge in [-0.25, -0.2) is 0 Å². The van der Waals surface area contributed by atoms with Crippen molar-refractivity contribution in [3.63, 3.8) is 0 Å². The van der Waals surface area contributed by atoms with Gasteiger partial charge in [-0.2, -0.15) is 0 Å². The van der Waals surface area contributed by atoms with Crippen LogP contribution in [0, 0.1) is 10.1 Å². The van der Waals surface area contributed by atoms with Gasteiger partial charge in [0.15, 0.2) is 0 Å². The molecule has 1 aliphatic rings. The number of anilines is 1. The van der Waals surface area contributed by atoms with E-state index in [-0.39, 0.29) is 5.69 Å². The van der Waals surface area contributed by atoms with Crippen molar-refractivity contribution in [1.82, 2.24) is 4.90 Å². The molecule has 2 aromatic carbocycles. The number of piperazine rings is 1. The maximum absolute atomic E-state index is 10.8. The first-order valence-electron chi connectivity index (χ1n) is 8.12. The summed E-state index contributed by atoms with van der Waals surface area (Å²) in [6, 6.07) is 16.8. The van der Waals surface area contributed by atoms with Crippen molar-refractivity contribution in [3.8, 4) is 5.75 Å². The molecule has 1 heterocycles. The van der Waals surface area contributed by atoms with E-state index >= 15 is 0 Å². The van der Waals surface area contributed by atoms with E-state index < -0.39 is 4.92 Å². The zero-order valence-corrected chi connectivity index (χ0v) is 13.5. The van der Waals surface area contributed by atoms with Crippen LogP contribution in [0.5, 0.6) is 5.75 Å². The monoisotopic (exact) mass is 327 g/mol. The van der Waals surface area contributed by atoms with Crippen molar-refractivity contribution in [3.05, 3.63) is 64.7 Å². The highest BCUT2D eigenvalue weighted by Crippen LogP contribution is 2.19. The van der Waals surface area contributed by atoms with Gasteiger partial charge in [-0.15, -0.1) is 0 Å². The predicted octanol–water partition coefficient (Wildman–Crippen LogP) is 2.80. The van der Waals surface area contributed by atoms with Crippen molar-refractivity contribution < 1.29 is 9.66 Å². The van der Waals surface area contributed by atoms with Crippen molar-refractivity contribution in [2.24, 2.45) is 0 Å². The molecule has 0 atom stereocenters. The van der Waals surface area contributed by atoms with Crippen LogP contribution in [0.15, 0.2) is 54.6 Å². The van der Waals surface area contributed by atoms with E-state index in [1.165, 1.54) is 17.8 Å². The molecule has 1 fully saturated rings. The summed E-state index contributed by atoms with van der Waals surface area (Å²) in [4.78, 5) is 15.1. The third-order valence-electron chi connectivity index (χ3n) is 4.20. The van der Waals surface area contributed by atoms with Crippen LogP contribution in [0.3, 0.4) is 0 Å². The molecule has 0 aliphatic carbocycles. The Hall–Kier alpha value is -2.60. The normalized spacial score (nSPS) is 15.2. The van der Waals surface area contributed by atoms with Crippen molar-refractivity contribution in [2.75, 3.05) is 44.2 Å². The van der Waals surface area contributed by atoms with E-state index in [9.17, 15) is 10.1 Å². The topological polar surface area (TPSA) is 58.9 Å². The molecule has 0 N–H and O–H groups in total. The number of ether oxygens (including phenoxy) is 1. The second kappa shape index (κ2) is 7.79. The van der Waals surface area contributed by atoms with Gasteiger partial charge in [0.25, 0.3) is 5.69 Å². The average molecular weight is 327 g/mol. The molecule has 0 aromatic heterocycles. The first-order valence-corrected chi connectivity index (χ1v) is 8.12. The summed E-state index contributed by atoms with van der Waals surface area (Å²) < 4.78 is 5.65. The summed E-state index contributed by atoms with van der Waals surface area (Å²) in [5.41, 5.74) is 1.33. The van der Waals surface area contributed by atoms with Crippen LogP contribution < -0.4 is 9.64 Å². The largest absolute Gasteiger partial charge is 0.492 e. The zero-order valence-electron chi connectivity index (χ0n) is 13.5. The lowest BCUT2D eigenvalue weighted by Gasteiger charge is -2.36. The third kappa shape index (κ3) is 4.23. The van der Waals surface area contributed by atoms with Gasteiger partial charge < -0.3 is 9.64 Å². The zero-order chi connectivity index (χ0) is 16.8. The van der Waals surface area contributed by atoms with Gasteiger partial charge in [-0.3, -0.25) is 15.0 Å². The molecular weight excluding hydrogens is 306 g/mol. The van der Waals surface area contributed by atoms with Gasteiger partial charge in [0, 0.05) is 44.5 Å². The maximum atomic E-state index is 10.8. The van der Waals surface area contributed by atoms with Crippen LogP contribution in [0.2, 0.25) is 0 Å². The highest BCUT2D eigenvalue weighted by atomic mass is 16.6. The molecule has 0 spiro atoms. The van der Waals surface area contributed by atoms with Crippen LogP contribution in [0.25, 0.3) is 0 Å². The average Bonchev–Trinajstić information content (AvgIpc) is 2.63. The minimum absolute atomic E-state index is 0.0592. The lowest BCUT2D eigenvalue weighted by molar-refractivity contribution is -0.384. The second-order valence-corrected chi connectivity index (χ2v) is 5.77. The minimum atomic E-state index is -0.407. The summed E-state index contributed by atoms with van der Waals surface area (Å²) in [7, 11) is 0. The van der Waals surface area contributed by atoms with Gasteiger partial charge in [-0.05, 0) is 18.2 Å². The fraction of sp³-hybridized carbons (Fsp3) is 0.333. The number of nitro groups is 1. The molecule has 6 nitrogen and oxygen atoms in total. The third-order valence-corrected chi connectivity index (χ3v) is 4.20. The Morgan fingerprint density at radius 2 is 1.75 bits per heavy atom. The Labute approximate surface area is 141 Å². The number of nitro benzene ring substituents is 1. The maximum Gasteiger partial charge on any atom is 0.273 e. The molecule has 3 rings (SSSR count). The number of hydrogen-bond acceptors (Lipinski definition) is 5. The van der Waals surface area contributed by atoms with Gasteiger partial charge in [-0.1, -0.05) is 24.3 Å². The first kappa shape index (κ1) is 16.3. The Morgan fingerprint density at radius 3 is 2.46 bits per heavy atom. The van der Waals surface area contributed by atoms with Gasteiger partial charge in [0.2, 0.25) is 0 Å². The summed E-state index contributed by atoms with van der Waals surface area (Å²) in [5, 5.41) is 10.8. The Bertz CT molecular complexity index is 670. The SMILES string of the molecule is O=[N+]([O-])c1cccc(OCCN2CCN(c3ccccc3)CC2)c1. The number of benzene rings is 2. The Kier molecular flexibility index (Phi) is 5.28. The summed E-state index contributed by atoms with van der Waals surface area (Å²) in [6.07, 6.45) is 0. The molecular formula is C18H21N3O3. The molecule has 24 heavy (non-hydrogen) atoms. The van der Waals surface area contributed by atoms with Crippen LogP contribution in [0.4, 0.5) is 11.4 Å². The van der Waals surface area contributed by atoms with E-state index in [2.05, 4.69) is 34.1 Å². The van der Waals surface area contributed by atoms with E-state index in [0.717, 1.165) is 32.7 Å². The first-order chi connectivity index (χ1) is 11.7. The molecule has 126 valence electrons.